The van der Waals surface area contributed by atoms with Gasteiger partial charge in [0.1, 0.15) is 0 Å². The first-order chi connectivity index (χ1) is 8.60. The Bertz CT molecular complexity index is 325. The quantitative estimate of drug-likeness (QED) is 0.443. The summed E-state index contributed by atoms with van der Waals surface area (Å²) in [6.45, 7) is 10.7. The first-order valence-electron chi connectivity index (χ1n) is 6.20. The SMILES string of the molecule is C#C.C/C=C(C)\C=C/CSC(/C=C\C(C)C)=C/C. The molecule has 0 aromatic heterocycles. The molecule has 0 aliphatic carbocycles. The monoisotopic (exact) mass is 262 g/mol. The minimum atomic E-state index is 0.622. The molecule has 0 aliphatic heterocycles. The van der Waals surface area contributed by atoms with Crippen molar-refractivity contribution in [3.8, 4) is 12.8 Å². The number of hydrogen-bond donors (Lipinski definition) is 0. The van der Waals surface area contributed by atoms with Crippen LogP contribution in [0.2, 0.25) is 0 Å². The van der Waals surface area contributed by atoms with Crippen LogP contribution in [-0.2, 0) is 0 Å². The van der Waals surface area contributed by atoms with Gasteiger partial charge in [-0.2, -0.15) is 0 Å². The highest BCUT2D eigenvalue weighted by atomic mass is 32.2. The van der Waals surface area contributed by atoms with Crippen LogP contribution >= 0.6 is 11.8 Å². The number of hydrogen-bond acceptors (Lipinski definition) is 1. The predicted molar refractivity (Wildman–Crippen MR) is 88.7 cm³/mol. The van der Waals surface area contributed by atoms with E-state index in [9.17, 15) is 0 Å². The summed E-state index contributed by atoms with van der Waals surface area (Å²) in [6.07, 6.45) is 21.1. The fourth-order valence-electron chi connectivity index (χ4n) is 0.990. The van der Waals surface area contributed by atoms with E-state index >= 15 is 0 Å². The maximum Gasteiger partial charge on any atom is 0.0163 e. The summed E-state index contributed by atoms with van der Waals surface area (Å²) in [6, 6.07) is 0. The van der Waals surface area contributed by atoms with E-state index in [4.69, 9.17) is 0 Å². The lowest BCUT2D eigenvalue weighted by atomic mass is 10.2. The minimum absolute atomic E-state index is 0.622. The van der Waals surface area contributed by atoms with Gasteiger partial charge in [0.25, 0.3) is 0 Å². The zero-order chi connectivity index (χ0) is 14.4. The van der Waals surface area contributed by atoms with Crippen molar-refractivity contribution in [3.05, 3.63) is 46.9 Å². The topological polar surface area (TPSA) is 0 Å². The molecule has 0 spiro atoms. The Morgan fingerprint density at radius 2 is 1.72 bits per heavy atom. The first-order valence-corrected chi connectivity index (χ1v) is 7.18. The molecule has 0 radical (unpaired) electrons. The minimum Gasteiger partial charge on any atom is -0.124 e. The molecule has 0 aromatic carbocycles. The number of thioether (sulfide) groups is 1. The van der Waals surface area contributed by atoms with E-state index in [1.807, 2.05) is 11.8 Å². The van der Waals surface area contributed by atoms with E-state index in [-0.39, 0.29) is 0 Å². The van der Waals surface area contributed by atoms with Crippen molar-refractivity contribution >= 4 is 11.8 Å². The molecular formula is C17H26S. The van der Waals surface area contributed by atoms with Crippen LogP contribution in [0.25, 0.3) is 0 Å². The molecule has 0 bridgehead atoms. The van der Waals surface area contributed by atoms with Gasteiger partial charge in [0.05, 0.1) is 0 Å². The third-order valence-corrected chi connectivity index (χ3v) is 3.18. The van der Waals surface area contributed by atoms with Crippen LogP contribution in [0.15, 0.2) is 46.9 Å². The first kappa shape index (κ1) is 19.2. The Morgan fingerprint density at radius 3 is 2.17 bits per heavy atom. The lowest BCUT2D eigenvalue weighted by Crippen LogP contribution is -1.79. The van der Waals surface area contributed by atoms with Crippen LogP contribution in [0.5, 0.6) is 0 Å². The van der Waals surface area contributed by atoms with E-state index in [0.717, 1.165) is 5.75 Å². The second-order valence-corrected chi connectivity index (χ2v) is 5.13. The van der Waals surface area contributed by atoms with Crippen molar-refractivity contribution in [1.29, 1.82) is 0 Å². The zero-order valence-electron chi connectivity index (χ0n) is 12.3. The molecule has 0 fully saturated rings. The average Bonchev–Trinajstić information content (AvgIpc) is 2.39. The molecule has 0 heterocycles. The van der Waals surface area contributed by atoms with Crippen LogP contribution in [0.3, 0.4) is 0 Å². The Morgan fingerprint density at radius 1 is 1.11 bits per heavy atom. The van der Waals surface area contributed by atoms with E-state index in [1.54, 1.807) is 0 Å². The molecule has 0 nitrogen and oxygen atoms in total. The van der Waals surface area contributed by atoms with Gasteiger partial charge in [-0.1, -0.05) is 55.9 Å². The van der Waals surface area contributed by atoms with Crippen LogP contribution in [0, 0.1) is 18.8 Å². The molecule has 0 saturated carbocycles. The Kier molecular flexibility index (Phi) is 14.9. The van der Waals surface area contributed by atoms with Gasteiger partial charge < -0.3 is 0 Å². The second kappa shape index (κ2) is 13.9. The Labute approximate surface area is 118 Å². The average molecular weight is 262 g/mol. The maximum atomic E-state index is 4.00. The molecule has 1 heteroatoms. The highest BCUT2D eigenvalue weighted by Gasteiger charge is 1.91. The molecular weight excluding hydrogens is 236 g/mol. The molecule has 0 rings (SSSR count). The Balaban J connectivity index is 0. The highest BCUT2D eigenvalue weighted by Crippen LogP contribution is 2.18. The zero-order valence-corrected chi connectivity index (χ0v) is 13.1. The summed E-state index contributed by atoms with van der Waals surface area (Å²) >= 11 is 1.88. The molecule has 0 unspecified atom stereocenters. The normalized spacial score (nSPS) is 13.1. The molecule has 0 aliphatic rings. The van der Waals surface area contributed by atoms with E-state index in [1.165, 1.54) is 10.5 Å². The van der Waals surface area contributed by atoms with Crippen molar-refractivity contribution in [1.82, 2.24) is 0 Å². The largest absolute Gasteiger partial charge is 0.124 e. The Hall–Kier alpha value is -1.13. The fraction of sp³-hybridized carbons (Fsp3) is 0.412. The van der Waals surface area contributed by atoms with Crippen molar-refractivity contribution in [3.63, 3.8) is 0 Å². The van der Waals surface area contributed by atoms with Gasteiger partial charge >= 0.3 is 0 Å². The highest BCUT2D eigenvalue weighted by molar-refractivity contribution is 8.03. The molecule has 0 N–H and O–H groups in total. The maximum absolute atomic E-state index is 4.00. The summed E-state index contributed by atoms with van der Waals surface area (Å²) in [5.74, 6) is 1.66. The van der Waals surface area contributed by atoms with Gasteiger partial charge in [-0.05, 0) is 26.7 Å². The van der Waals surface area contributed by atoms with Crippen LogP contribution in [0.4, 0.5) is 0 Å². The van der Waals surface area contributed by atoms with Crippen molar-refractivity contribution in [2.45, 2.75) is 34.6 Å². The van der Waals surface area contributed by atoms with E-state index < -0.39 is 0 Å². The molecule has 18 heavy (non-hydrogen) atoms. The third-order valence-electron chi connectivity index (χ3n) is 2.11. The van der Waals surface area contributed by atoms with Gasteiger partial charge in [-0.25, -0.2) is 0 Å². The number of allylic oxidation sites excluding steroid dienone is 6. The lowest BCUT2D eigenvalue weighted by Gasteiger charge is -1.99. The van der Waals surface area contributed by atoms with Gasteiger partial charge in [0.2, 0.25) is 0 Å². The van der Waals surface area contributed by atoms with E-state index in [2.05, 4.69) is 83.9 Å². The predicted octanol–water partition coefficient (Wildman–Crippen LogP) is 5.61. The molecule has 0 atom stereocenters. The fourth-order valence-corrected chi connectivity index (χ4v) is 1.72. The standard InChI is InChI=1S/C15H24S.C2H2/c1-6-14(5)9-8-12-16-15(7-2)11-10-13(3)4;1-2/h6-11,13H,12H2,1-5H3;1-2H/b9-8-,11-10-,14-6-,15-7+;. The smallest absolute Gasteiger partial charge is 0.0163 e. The van der Waals surface area contributed by atoms with E-state index in [0.29, 0.717) is 5.92 Å². The number of rotatable bonds is 6. The molecule has 0 saturated heterocycles. The van der Waals surface area contributed by atoms with Gasteiger partial charge in [-0.3, -0.25) is 0 Å². The second-order valence-electron chi connectivity index (χ2n) is 4.04. The van der Waals surface area contributed by atoms with Crippen molar-refractivity contribution in [2.24, 2.45) is 5.92 Å². The van der Waals surface area contributed by atoms with Crippen molar-refractivity contribution in [2.75, 3.05) is 5.75 Å². The molecule has 100 valence electrons. The van der Waals surface area contributed by atoms with Crippen LogP contribution in [-0.4, -0.2) is 5.75 Å². The lowest BCUT2D eigenvalue weighted by molar-refractivity contribution is 0.831. The summed E-state index contributed by atoms with van der Waals surface area (Å²) in [7, 11) is 0. The summed E-state index contributed by atoms with van der Waals surface area (Å²) in [5.41, 5.74) is 1.32. The number of terminal acetylenes is 1. The summed E-state index contributed by atoms with van der Waals surface area (Å²) in [4.78, 5) is 1.34. The summed E-state index contributed by atoms with van der Waals surface area (Å²) in [5, 5.41) is 0. The molecule has 0 aromatic rings. The van der Waals surface area contributed by atoms with Gasteiger partial charge in [0.15, 0.2) is 0 Å². The van der Waals surface area contributed by atoms with Crippen LogP contribution in [0.1, 0.15) is 34.6 Å². The van der Waals surface area contributed by atoms with Gasteiger partial charge in [-0.15, -0.1) is 24.6 Å². The third kappa shape index (κ3) is 12.9. The van der Waals surface area contributed by atoms with Crippen LogP contribution < -0.4 is 0 Å². The van der Waals surface area contributed by atoms with Crippen molar-refractivity contribution < 1.29 is 0 Å². The molecule has 0 amide bonds. The van der Waals surface area contributed by atoms with Gasteiger partial charge in [0, 0.05) is 10.7 Å². The summed E-state index contributed by atoms with van der Waals surface area (Å²) < 4.78 is 0.